The Kier molecular flexibility index (Phi) is 5.02. The number of pyridine rings is 1. The molecule has 2 rings (SSSR count). The van der Waals surface area contributed by atoms with Crippen molar-refractivity contribution in [3.05, 3.63) is 35.7 Å². The summed E-state index contributed by atoms with van der Waals surface area (Å²) in [7, 11) is 2.04. The van der Waals surface area contributed by atoms with E-state index in [1.807, 2.05) is 12.1 Å². The molecule has 0 spiro atoms. The van der Waals surface area contributed by atoms with Gasteiger partial charge in [-0.1, -0.05) is 0 Å². The van der Waals surface area contributed by atoms with E-state index in [4.69, 9.17) is 5.11 Å². The van der Waals surface area contributed by atoms with E-state index in [0.29, 0.717) is 11.1 Å². The van der Waals surface area contributed by atoms with E-state index in [0.717, 1.165) is 32.3 Å². The van der Waals surface area contributed by atoms with E-state index in [-0.39, 0.29) is 5.91 Å². The molecule has 1 aliphatic rings. The van der Waals surface area contributed by atoms with Crippen molar-refractivity contribution < 1.29 is 14.7 Å². The molecular weight excluding hydrogens is 272 g/mol. The second-order valence-corrected chi connectivity index (χ2v) is 4.91. The monoisotopic (exact) mass is 290 g/mol. The number of carbonyl (C=O) groups excluding carboxylic acids is 1. The molecule has 21 heavy (non-hydrogen) atoms. The molecule has 0 aromatic carbocycles. The minimum Gasteiger partial charge on any atom is -0.478 e. The highest BCUT2D eigenvalue weighted by Crippen LogP contribution is 2.06. The highest BCUT2D eigenvalue weighted by atomic mass is 16.4. The largest absolute Gasteiger partial charge is 0.478 e. The summed E-state index contributed by atoms with van der Waals surface area (Å²) in [6.45, 7) is 3.35. The van der Waals surface area contributed by atoms with E-state index < -0.39 is 5.97 Å². The Morgan fingerprint density at radius 2 is 2.00 bits per heavy atom. The number of piperazine rings is 1. The van der Waals surface area contributed by atoms with Crippen molar-refractivity contribution in [2.24, 2.45) is 0 Å². The third-order valence-corrected chi connectivity index (χ3v) is 3.20. The summed E-state index contributed by atoms with van der Waals surface area (Å²) in [5.74, 6) is -1.28. The van der Waals surface area contributed by atoms with Gasteiger partial charge < -0.3 is 10.0 Å². The fourth-order valence-corrected chi connectivity index (χ4v) is 1.97. The summed E-state index contributed by atoms with van der Waals surface area (Å²) in [5.41, 5.74) is 3.81. The number of likely N-dealkylation sites (N-methyl/N-ethyl adjacent to an activating group) is 1. The van der Waals surface area contributed by atoms with Gasteiger partial charge >= 0.3 is 5.97 Å². The van der Waals surface area contributed by atoms with Gasteiger partial charge in [0.05, 0.1) is 5.56 Å². The number of hydrazine groups is 1. The quantitative estimate of drug-likeness (QED) is 0.763. The molecule has 0 saturated carbocycles. The second kappa shape index (κ2) is 6.96. The summed E-state index contributed by atoms with van der Waals surface area (Å²) in [4.78, 5) is 28.8. The Morgan fingerprint density at radius 1 is 1.29 bits per heavy atom. The van der Waals surface area contributed by atoms with Crippen molar-refractivity contribution in [2.75, 3.05) is 33.2 Å². The predicted molar refractivity (Wildman–Crippen MR) is 77.4 cm³/mol. The molecule has 0 radical (unpaired) electrons. The average Bonchev–Trinajstić information content (AvgIpc) is 2.48. The Hall–Kier alpha value is -2.25. The number of hydrogen-bond donors (Lipinski definition) is 2. The van der Waals surface area contributed by atoms with Crippen molar-refractivity contribution >= 4 is 18.0 Å². The van der Waals surface area contributed by atoms with E-state index >= 15 is 0 Å². The topological polar surface area (TPSA) is 85.8 Å². The Bertz CT molecular complexity index is 551. The standard InChI is InChI=1S/C14H18N4O3/c1-17-4-6-18(7-5-17)16-14(21)12-8-11(9-15-10-12)2-3-13(19)20/h2-3,8-10H,4-7H2,1H3,(H,16,21)(H,19,20)/b3-2+. The zero-order chi connectivity index (χ0) is 15.2. The van der Waals surface area contributed by atoms with Crippen LogP contribution in [-0.2, 0) is 4.79 Å². The Labute approximate surface area is 122 Å². The lowest BCUT2D eigenvalue weighted by Crippen LogP contribution is -2.52. The molecule has 1 amide bonds. The lowest BCUT2D eigenvalue weighted by Gasteiger charge is -2.32. The first-order chi connectivity index (χ1) is 10.0. The van der Waals surface area contributed by atoms with Gasteiger partial charge in [-0.25, -0.2) is 9.80 Å². The molecule has 112 valence electrons. The van der Waals surface area contributed by atoms with Crippen LogP contribution in [0.4, 0.5) is 0 Å². The average molecular weight is 290 g/mol. The number of carboxylic acid groups (broad SMARTS) is 1. The summed E-state index contributed by atoms with van der Waals surface area (Å²) < 4.78 is 0. The molecule has 0 aliphatic carbocycles. The number of aromatic nitrogens is 1. The van der Waals surface area contributed by atoms with Crippen LogP contribution in [0.5, 0.6) is 0 Å². The van der Waals surface area contributed by atoms with Gasteiger partial charge in [-0.15, -0.1) is 0 Å². The molecule has 7 heteroatoms. The van der Waals surface area contributed by atoms with Crippen LogP contribution < -0.4 is 5.43 Å². The first-order valence-corrected chi connectivity index (χ1v) is 6.65. The molecule has 0 atom stereocenters. The second-order valence-electron chi connectivity index (χ2n) is 4.91. The van der Waals surface area contributed by atoms with Crippen LogP contribution in [0, 0.1) is 0 Å². The molecule has 2 N–H and O–H groups in total. The number of carbonyl (C=O) groups is 2. The summed E-state index contributed by atoms with van der Waals surface area (Å²) in [6.07, 6.45) is 5.39. The van der Waals surface area contributed by atoms with Crippen LogP contribution in [0.2, 0.25) is 0 Å². The van der Waals surface area contributed by atoms with Crippen molar-refractivity contribution in [3.8, 4) is 0 Å². The normalized spacial score (nSPS) is 17.0. The van der Waals surface area contributed by atoms with Crippen LogP contribution in [-0.4, -0.2) is 65.1 Å². The van der Waals surface area contributed by atoms with Gasteiger partial charge in [0.15, 0.2) is 0 Å². The van der Waals surface area contributed by atoms with Gasteiger partial charge in [0, 0.05) is 44.6 Å². The maximum absolute atomic E-state index is 12.1. The van der Waals surface area contributed by atoms with Gasteiger partial charge in [-0.2, -0.15) is 0 Å². The van der Waals surface area contributed by atoms with Gasteiger partial charge in [-0.05, 0) is 24.8 Å². The lowest BCUT2D eigenvalue weighted by molar-refractivity contribution is -0.131. The van der Waals surface area contributed by atoms with Crippen molar-refractivity contribution in [2.45, 2.75) is 0 Å². The molecular formula is C14H18N4O3. The predicted octanol–water partition coefficient (Wildman–Crippen LogP) is 0.0716. The molecule has 0 bridgehead atoms. The lowest BCUT2D eigenvalue weighted by atomic mass is 10.2. The zero-order valence-electron chi connectivity index (χ0n) is 11.8. The minimum absolute atomic E-state index is 0.238. The third-order valence-electron chi connectivity index (χ3n) is 3.20. The fourth-order valence-electron chi connectivity index (χ4n) is 1.97. The van der Waals surface area contributed by atoms with Crippen LogP contribution in [0.3, 0.4) is 0 Å². The van der Waals surface area contributed by atoms with E-state index in [2.05, 4.69) is 15.3 Å². The Morgan fingerprint density at radius 3 is 2.67 bits per heavy atom. The number of aliphatic carboxylic acids is 1. The molecule has 1 saturated heterocycles. The van der Waals surface area contributed by atoms with Crippen LogP contribution in [0.25, 0.3) is 6.08 Å². The maximum atomic E-state index is 12.1. The fraction of sp³-hybridized carbons (Fsp3) is 0.357. The van der Waals surface area contributed by atoms with Crippen LogP contribution in [0.15, 0.2) is 24.5 Å². The smallest absolute Gasteiger partial charge is 0.328 e. The molecule has 7 nitrogen and oxygen atoms in total. The zero-order valence-corrected chi connectivity index (χ0v) is 11.8. The summed E-state index contributed by atoms with van der Waals surface area (Å²) in [6, 6.07) is 1.61. The first-order valence-electron chi connectivity index (χ1n) is 6.65. The molecule has 0 unspecified atom stereocenters. The van der Waals surface area contributed by atoms with E-state index in [9.17, 15) is 9.59 Å². The van der Waals surface area contributed by atoms with Gasteiger partial charge in [0.1, 0.15) is 0 Å². The summed E-state index contributed by atoms with van der Waals surface area (Å²) >= 11 is 0. The number of amides is 1. The number of hydrogen-bond acceptors (Lipinski definition) is 5. The maximum Gasteiger partial charge on any atom is 0.328 e. The highest BCUT2D eigenvalue weighted by molar-refractivity contribution is 5.94. The van der Waals surface area contributed by atoms with Gasteiger partial charge in [0.2, 0.25) is 0 Å². The highest BCUT2D eigenvalue weighted by Gasteiger charge is 2.16. The minimum atomic E-state index is -1.04. The number of nitrogens with zero attached hydrogens (tertiary/aromatic N) is 3. The summed E-state index contributed by atoms with van der Waals surface area (Å²) in [5, 5.41) is 10.5. The van der Waals surface area contributed by atoms with Gasteiger partial charge in [0.25, 0.3) is 5.91 Å². The van der Waals surface area contributed by atoms with Crippen LogP contribution >= 0.6 is 0 Å². The number of rotatable bonds is 4. The molecule has 1 aromatic heterocycles. The van der Waals surface area contributed by atoms with E-state index in [1.165, 1.54) is 18.5 Å². The molecule has 1 aliphatic heterocycles. The third kappa shape index (κ3) is 4.66. The van der Waals surface area contributed by atoms with Crippen molar-refractivity contribution in [3.63, 3.8) is 0 Å². The molecule has 1 aromatic rings. The SMILES string of the molecule is CN1CCN(NC(=O)c2cncc(/C=C/C(=O)O)c2)CC1. The molecule has 2 heterocycles. The Balaban J connectivity index is 1.99. The van der Waals surface area contributed by atoms with Crippen molar-refractivity contribution in [1.82, 2.24) is 20.3 Å². The van der Waals surface area contributed by atoms with Crippen LogP contribution in [0.1, 0.15) is 15.9 Å². The molecule has 1 fully saturated rings. The van der Waals surface area contributed by atoms with Gasteiger partial charge in [-0.3, -0.25) is 15.2 Å². The number of carboxylic acids is 1. The first kappa shape index (κ1) is 15.1. The van der Waals surface area contributed by atoms with Crippen molar-refractivity contribution in [1.29, 1.82) is 0 Å². The van der Waals surface area contributed by atoms with E-state index in [1.54, 1.807) is 6.07 Å². The number of nitrogens with one attached hydrogen (secondary N) is 1.